The number of carbonyl (C=O) groups is 2. The topological polar surface area (TPSA) is 96.0 Å². The summed E-state index contributed by atoms with van der Waals surface area (Å²) in [5, 5.41) is 2.80. The van der Waals surface area contributed by atoms with Gasteiger partial charge in [0.2, 0.25) is 21.8 Å². The molecule has 35 heavy (non-hydrogen) atoms. The van der Waals surface area contributed by atoms with Gasteiger partial charge in [0.05, 0.1) is 17.7 Å². The number of thioether (sulfide) groups is 1. The number of rotatable bonds is 6. The molecule has 0 spiro atoms. The number of benzene rings is 2. The monoisotopic (exact) mass is 517 g/mol. The molecule has 0 aromatic heterocycles. The number of nitrogens with zero attached hydrogens (tertiary/aromatic N) is 2. The van der Waals surface area contributed by atoms with E-state index in [1.54, 1.807) is 49.6 Å². The number of piperidine rings is 1. The fourth-order valence-electron chi connectivity index (χ4n) is 4.31. The Kier molecular flexibility index (Phi) is 7.73. The Morgan fingerprint density at radius 2 is 1.89 bits per heavy atom. The molecule has 2 heterocycles. The zero-order valence-electron chi connectivity index (χ0n) is 20.2. The van der Waals surface area contributed by atoms with Crippen LogP contribution in [-0.4, -0.2) is 56.5 Å². The second kappa shape index (κ2) is 10.6. The van der Waals surface area contributed by atoms with Crippen molar-refractivity contribution in [3.8, 4) is 5.75 Å². The highest BCUT2D eigenvalue weighted by Crippen LogP contribution is 2.40. The van der Waals surface area contributed by atoms with Crippen LogP contribution >= 0.6 is 11.8 Å². The van der Waals surface area contributed by atoms with Crippen LogP contribution in [0, 0.1) is 5.92 Å². The molecule has 2 amide bonds. The third-order valence-electron chi connectivity index (χ3n) is 6.35. The third kappa shape index (κ3) is 5.82. The van der Waals surface area contributed by atoms with Crippen molar-refractivity contribution < 1.29 is 22.7 Å². The highest BCUT2D eigenvalue weighted by Gasteiger charge is 2.32. The first-order valence-electron chi connectivity index (χ1n) is 11.7. The molecule has 1 saturated heterocycles. The minimum Gasteiger partial charge on any atom is -0.497 e. The molecular weight excluding hydrogens is 486 g/mol. The predicted molar refractivity (Wildman–Crippen MR) is 138 cm³/mol. The van der Waals surface area contributed by atoms with Gasteiger partial charge in [-0.15, -0.1) is 11.8 Å². The van der Waals surface area contributed by atoms with E-state index in [0.717, 1.165) is 17.7 Å². The maximum atomic E-state index is 13.4. The number of nitrogens with one attached hydrogen (secondary N) is 1. The molecule has 0 radical (unpaired) electrons. The van der Waals surface area contributed by atoms with Gasteiger partial charge in [-0.2, -0.15) is 4.31 Å². The van der Waals surface area contributed by atoms with Gasteiger partial charge < -0.3 is 15.0 Å². The van der Waals surface area contributed by atoms with E-state index in [1.165, 1.54) is 21.0 Å². The average molecular weight is 518 g/mol. The van der Waals surface area contributed by atoms with Gasteiger partial charge in [0.1, 0.15) is 12.3 Å². The van der Waals surface area contributed by atoms with Gasteiger partial charge >= 0.3 is 0 Å². The van der Waals surface area contributed by atoms with E-state index in [0.29, 0.717) is 36.1 Å². The van der Waals surface area contributed by atoms with Gasteiger partial charge in [-0.1, -0.05) is 19.9 Å². The van der Waals surface area contributed by atoms with Gasteiger partial charge in [0, 0.05) is 41.4 Å². The highest BCUT2D eigenvalue weighted by molar-refractivity contribution is 8.00. The van der Waals surface area contributed by atoms with Gasteiger partial charge in [0.25, 0.3) is 0 Å². The maximum absolute atomic E-state index is 13.4. The number of amides is 2. The number of anilines is 2. The summed E-state index contributed by atoms with van der Waals surface area (Å²) < 4.78 is 33.4. The van der Waals surface area contributed by atoms with E-state index in [-0.39, 0.29) is 34.9 Å². The number of hydrogen-bond acceptors (Lipinski definition) is 6. The lowest BCUT2D eigenvalue weighted by Crippen LogP contribution is -2.39. The van der Waals surface area contributed by atoms with Gasteiger partial charge in [0.15, 0.2) is 0 Å². The lowest BCUT2D eigenvalue weighted by Gasteiger charge is -2.30. The summed E-state index contributed by atoms with van der Waals surface area (Å²) in [5.74, 6) is 0.509. The minimum absolute atomic E-state index is 0.00117. The van der Waals surface area contributed by atoms with Crippen LogP contribution in [0.2, 0.25) is 0 Å². The van der Waals surface area contributed by atoms with Crippen molar-refractivity contribution in [2.24, 2.45) is 5.92 Å². The molecule has 0 saturated carbocycles. The fourth-order valence-corrected chi connectivity index (χ4v) is 6.90. The standard InChI is InChI=1S/C25H31N3O5S2/c1-17-9-11-27(12-10-17)35(31,32)21-7-8-23-22(15-21)28(25(30)13-18(2)34-23)16-24(29)26-19-5-4-6-20(14-19)33-3/h4-8,14-15,17-18H,9-13,16H2,1-3H3,(H,26,29). The number of carbonyl (C=O) groups excluding carboxylic acids is 2. The summed E-state index contributed by atoms with van der Waals surface area (Å²) in [7, 11) is -2.15. The van der Waals surface area contributed by atoms with Crippen LogP contribution in [0.4, 0.5) is 11.4 Å². The summed E-state index contributed by atoms with van der Waals surface area (Å²) in [6, 6.07) is 11.9. The molecule has 10 heteroatoms. The number of methoxy groups -OCH3 is 1. The Morgan fingerprint density at radius 3 is 2.60 bits per heavy atom. The third-order valence-corrected chi connectivity index (χ3v) is 9.41. The van der Waals surface area contributed by atoms with Crippen LogP contribution in [0.5, 0.6) is 5.75 Å². The minimum atomic E-state index is -3.70. The van der Waals surface area contributed by atoms with E-state index in [4.69, 9.17) is 4.74 Å². The van der Waals surface area contributed by atoms with E-state index in [1.807, 2.05) is 6.92 Å². The van der Waals surface area contributed by atoms with Crippen molar-refractivity contribution >= 4 is 45.0 Å². The van der Waals surface area contributed by atoms with Crippen molar-refractivity contribution in [1.29, 1.82) is 0 Å². The van der Waals surface area contributed by atoms with Gasteiger partial charge in [-0.05, 0) is 49.1 Å². The Hall–Kier alpha value is -2.56. The molecule has 0 bridgehead atoms. The first-order chi connectivity index (χ1) is 16.7. The Balaban J connectivity index is 1.62. The zero-order valence-corrected chi connectivity index (χ0v) is 21.8. The summed E-state index contributed by atoms with van der Waals surface area (Å²) in [6.45, 7) is 4.83. The van der Waals surface area contributed by atoms with E-state index < -0.39 is 10.0 Å². The van der Waals surface area contributed by atoms with Gasteiger partial charge in [-0.3, -0.25) is 9.59 Å². The van der Waals surface area contributed by atoms with Gasteiger partial charge in [-0.25, -0.2) is 8.42 Å². The van der Waals surface area contributed by atoms with E-state index in [9.17, 15) is 18.0 Å². The lowest BCUT2D eigenvalue weighted by atomic mass is 10.0. The number of fused-ring (bicyclic) bond motifs is 1. The molecule has 8 nitrogen and oxygen atoms in total. The second-order valence-corrected chi connectivity index (χ2v) is 12.5. The molecule has 4 rings (SSSR count). The first kappa shape index (κ1) is 25.5. The van der Waals surface area contributed by atoms with E-state index in [2.05, 4.69) is 12.2 Å². The molecule has 1 unspecified atom stereocenters. The zero-order chi connectivity index (χ0) is 25.2. The molecule has 1 fully saturated rings. The normalized spacial score (nSPS) is 19.7. The number of sulfonamides is 1. The van der Waals surface area contributed by atoms with Crippen molar-refractivity contribution in [3.63, 3.8) is 0 Å². The summed E-state index contributed by atoms with van der Waals surface area (Å²) >= 11 is 1.51. The van der Waals surface area contributed by atoms with Crippen LogP contribution in [0.3, 0.4) is 0 Å². The lowest BCUT2D eigenvalue weighted by molar-refractivity contribution is -0.121. The highest BCUT2D eigenvalue weighted by atomic mass is 32.2. The summed E-state index contributed by atoms with van der Waals surface area (Å²) in [6.07, 6.45) is 1.90. The van der Waals surface area contributed by atoms with Crippen molar-refractivity contribution in [2.45, 2.75) is 48.2 Å². The van der Waals surface area contributed by atoms with Crippen molar-refractivity contribution in [2.75, 3.05) is 37.0 Å². The SMILES string of the molecule is COc1cccc(NC(=O)CN2C(=O)CC(C)Sc3ccc(S(=O)(=O)N4CCC(C)CC4)cc32)c1. The average Bonchev–Trinajstić information content (AvgIpc) is 2.94. The Morgan fingerprint density at radius 1 is 1.14 bits per heavy atom. The largest absolute Gasteiger partial charge is 0.497 e. The van der Waals surface area contributed by atoms with Crippen molar-refractivity contribution in [1.82, 2.24) is 4.31 Å². The smallest absolute Gasteiger partial charge is 0.244 e. The van der Waals surface area contributed by atoms with Crippen LogP contribution in [0.1, 0.15) is 33.1 Å². The fraction of sp³-hybridized carbons (Fsp3) is 0.440. The Labute approximate surface area is 211 Å². The van der Waals surface area contributed by atoms with Crippen LogP contribution in [-0.2, 0) is 19.6 Å². The molecule has 2 aromatic rings. The predicted octanol–water partition coefficient (Wildman–Crippen LogP) is 3.97. The Bertz CT molecular complexity index is 1210. The molecule has 2 aliphatic rings. The second-order valence-electron chi connectivity index (χ2n) is 9.11. The summed E-state index contributed by atoms with van der Waals surface area (Å²) in [4.78, 5) is 28.4. The number of hydrogen-bond donors (Lipinski definition) is 1. The molecule has 1 atom stereocenters. The molecule has 0 aliphatic carbocycles. The molecule has 1 N–H and O–H groups in total. The van der Waals surface area contributed by atoms with Crippen LogP contribution in [0.15, 0.2) is 52.3 Å². The molecule has 2 aliphatic heterocycles. The maximum Gasteiger partial charge on any atom is 0.244 e. The molecule has 188 valence electrons. The van der Waals surface area contributed by atoms with E-state index >= 15 is 0 Å². The van der Waals surface area contributed by atoms with Crippen LogP contribution in [0.25, 0.3) is 0 Å². The quantitative estimate of drug-likeness (QED) is 0.623. The summed E-state index contributed by atoms with van der Waals surface area (Å²) in [5.41, 5.74) is 1.01. The first-order valence-corrected chi connectivity index (χ1v) is 14.0. The van der Waals surface area contributed by atoms with Crippen molar-refractivity contribution in [3.05, 3.63) is 42.5 Å². The molecule has 2 aromatic carbocycles. The van der Waals surface area contributed by atoms with Crippen LogP contribution < -0.4 is 15.0 Å². The molecular formula is C25H31N3O5S2. The number of ether oxygens (including phenoxy) is 1.